The van der Waals surface area contributed by atoms with Gasteiger partial charge in [0.15, 0.2) is 0 Å². The Bertz CT molecular complexity index is 190. The largest absolute Gasteiger partial charge is 0.0822 e. The van der Waals surface area contributed by atoms with Crippen molar-refractivity contribution >= 4 is 0 Å². The van der Waals surface area contributed by atoms with Gasteiger partial charge in [-0.05, 0) is 50.9 Å². The van der Waals surface area contributed by atoms with E-state index in [-0.39, 0.29) is 0 Å². The van der Waals surface area contributed by atoms with E-state index in [2.05, 4.69) is 13.0 Å². The second kappa shape index (κ2) is 4.30. The molecule has 2 atom stereocenters. The first-order valence-corrected chi connectivity index (χ1v) is 6.03. The van der Waals surface area contributed by atoms with Gasteiger partial charge < -0.3 is 0 Å². The van der Waals surface area contributed by atoms with Crippen LogP contribution < -0.4 is 0 Å². The Morgan fingerprint density at radius 3 is 2.54 bits per heavy atom. The van der Waals surface area contributed by atoms with Crippen molar-refractivity contribution in [3.63, 3.8) is 0 Å². The summed E-state index contributed by atoms with van der Waals surface area (Å²) < 4.78 is 0. The molecule has 13 heavy (non-hydrogen) atoms. The number of hydrogen-bond acceptors (Lipinski definition) is 0. The first-order valence-electron chi connectivity index (χ1n) is 6.03. The lowest BCUT2D eigenvalue weighted by Gasteiger charge is -2.31. The molecule has 0 saturated heterocycles. The van der Waals surface area contributed by atoms with Gasteiger partial charge in [0.2, 0.25) is 0 Å². The lowest BCUT2D eigenvalue weighted by atomic mass is 9.74. The van der Waals surface area contributed by atoms with E-state index in [0.29, 0.717) is 0 Å². The number of allylic oxidation sites excluding steroid dienone is 2. The number of hydrogen-bond donors (Lipinski definition) is 0. The Morgan fingerprint density at radius 2 is 1.69 bits per heavy atom. The van der Waals surface area contributed by atoms with E-state index in [0.717, 1.165) is 11.8 Å². The molecule has 2 aliphatic rings. The van der Waals surface area contributed by atoms with Crippen LogP contribution in [0.4, 0.5) is 0 Å². The fraction of sp³-hybridized carbons (Fsp3) is 0.846. The highest BCUT2D eigenvalue weighted by atomic mass is 14.3. The molecule has 1 fully saturated rings. The van der Waals surface area contributed by atoms with Crippen molar-refractivity contribution in [2.24, 2.45) is 11.8 Å². The van der Waals surface area contributed by atoms with Gasteiger partial charge in [-0.15, -0.1) is 0 Å². The molecule has 0 radical (unpaired) electrons. The zero-order valence-electron chi connectivity index (χ0n) is 8.89. The summed E-state index contributed by atoms with van der Waals surface area (Å²) in [5, 5.41) is 0. The van der Waals surface area contributed by atoms with Crippen molar-refractivity contribution in [2.45, 2.75) is 58.3 Å². The van der Waals surface area contributed by atoms with Crippen LogP contribution in [0.1, 0.15) is 58.3 Å². The molecule has 0 aromatic heterocycles. The summed E-state index contributed by atoms with van der Waals surface area (Å²) in [6.45, 7) is 2.33. The molecule has 0 bridgehead atoms. The van der Waals surface area contributed by atoms with Gasteiger partial charge in [-0.25, -0.2) is 0 Å². The van der Waals surface area contributed by atoms with Crippen LogP contribution in [0.2, 0.25) is 0 Å². The Morgan fingerprint density at radius 1 is 1.00 bits per heavy atom. The third kappa shape index (κ3) is 2.36. The van der Waals surface area contributed by atoms with Gasteiger partial charge >= 0.3 is 0 Å². The zero-order valence-corrected chi connectivity index (χ0v) is 8.89. The minimum atomic E-state index is 0.953. The van der Waals surface area contributed by atoms with Gasteiger partial charge in [0.05, 0.1) is 0 Å². The first kappa shape index (κ1) is 9.30. The highest BCUT2D eigenvalue weighted by Gasteiger charge is 2.23. The summed E-state index contributed by atoms with van der Waals surface area (Å²) in [4.78, 5) is 0. The van der Waals surface area contributed by atoms with Crippen molar-refractivity contribution < 1.29 is 0 Å². The molecule has 2 unspecified atom stereocenters. The molecule has 74 valence electrons. The maximum atomic E-state index is 2.60. The molecule has 0 heteroatoms. The molecule has 0 aliphatic heterocycles. The molecule has 0 spiro atoms. The van der Waals surface area contributed by atoms with Gasteiger partial charge in [0.1, 0.15) is 0 Å². The summed E-state index contributed by atoms with van der Waals surface area (Å²) in [5.41, 5.74) is 1.66. The molecule has 2 rings (SSSR count). The van der Waals surface area contributed by atoms with Gasteiger partial charge in [-0.3, -0.25) is 0 Å². The SMILES string of the molecule is CC1=CC2CCCCC2CCCC1. The van der Waals surface area contributed by atoms with E-state index >= 15 is 0 Å². The summed E-state index contributed by atoms with van der Waals surface area (Å²) in [7, 11) is 0. The Hall–Kier alpha value is -0.260. The van der Waals surface area contributed by atoms with E-state index in [4.69, 9.17) is 0 Å². The average molecular weight is 178 g/mol. The quantitative estimate of drug-likeness (QED) is 0.485. The summed E-state index contributed by atoms with van der Waals surface area (Å²) >= 11 is 0. The van der Waals surface area contributed by atoms with Crippen LogP contribution in [-0.2, 0) is 0 Å². The van der Waals surface area contributed by atoms with E-state index in [1.54, 1.807) is 5.57 Å². The first-order chi connectivity index (χ1) is 6.36. The molecule has 0 aromatic rings. The lowest BCUT2D eigenvalue weighted by molar-refractivity contribution is 0.256. The van der Waals surface area contributed by atoms with Crippen molar-refractivity contribution in [2.75, 3.05) is 0 Å². The smallest absolute Gasteiger partial charge is 0.0203 e. The molecule has 0 amide bonds. The topological polar surface area (TPSA) is 0 Å². The fourth-order valence-electron chi connectivity index (χ4n) is 3.07. The number of fused-ring (bicyclic) bond motifs is 1. The van der Waals surface area contributed by atoms with Crippen molar-refractivity contribution in [1.82, 2.24) is 0 Å². The second-order valence-corrected chi connectivity index (χ2v) is 4.97. The molecular formula is C13H22. The normalized spacial score (nSPS) is 35.6. The van der Waals surface area contributed by atoms with Gasteiger partial charge in [0, 0.05) is 0 Å². The Labute approximate surface area is 82.4 Å². The van der Waals surface area contributed by atoms with Crippen LogP contribution in [-0.4, -0.2) is 0 Å². The van der Waals surface area contributed by atoms with Crippen molar-refractivity contribution in [3.8, 4) is 0 Å². The molecule has 0 nitrogen and oxygen atoms in total. The molecule has 1 saturated carbocycles. The predicted molar refractivity (Wildman–Crippen MR) is 57.7 cm³/mol. The lowest BCUT2D eigenvalue weighted by Crippen LogP contribution is -2.19. The van der Waals surface area contributed by atoms with Crippen LogP contribution in [0, 0.1) is 11.8 Å². The standard InChI is InChI=1S/C13H22/c1-11-6-2-3-7-12-8-4-5-9-13(12)10-11/h10,12-13H,2-9H2,1H3. The van der Waals surface area contributed by atoms with Crippen LogP contribution in [0.3, 0.4) is 0 Å². The fourth-order valence-corrected chi connectivity index (χ4v) is 3.07. The third-order valence-electron chi connectivity index (χ3n) is 3.86. The Kier molecular flexibility index (Phi) is 3.08. The van der Waals surface area contributed by atoms with Crippen LogP contribution in [0.5, 0.6) is 0 Å². The van der Waals surface area contributed by atoms with Gasteiger partial charge in [-0.1, -0.05) is 30.9 Å². The van der Waals surface area contributed by atoms with Crippen LogP contribution >= 0.6 is 0 Å². The summed E-state index contributed by atoms with van der Waals surface area (Å²) in [6, 6.07) is 0. The van der Waals surface area contributed by atoms with Crippen LogP contribution in [0.25, 0.3) is 0 Å². The third-order valence-corrected chi connectivity index (χ3v) is 3.86. The predicted octanol–water partition coefficient (Wildman–Crippen LogP) is 4.31. The zero-order chi connectivity index (χ0) is 9.10. The van der Waals surface area contributed by atoms with E-state index in [9.17, 15) is 0 Å². The maximum absolute atomic E-state index is 2.60. The summed E-state index contributed by atoms with van der Waals surface area (Å²) in [5.74, 6) is 2.00. The highest BCUT2D eigenvalue weighted by molar-refractivity contribution is 5.04. The average Bonchev–Trinajstić information content (AvgIpc) is 2.11. The molecule has 0 N–H and O–H groups in total. The van der Waals surface area contributed by atoms with Crippen molar-refractivity contribution in [1.29, 1.82) is 0 Å². The minimum absolute atomic E-state index is 0.953. The van der Waals surface area contributed by atoms with E-state index in [1.165, 1.54) is 51.4 Å². The van der Waals surface area contributed by atoms with Crippen LogP contribution in [0.15, 0.2) is 11.6 Å². The maximum Gasteiger partial charge on any atom is -0.0203 e. The van der Waals surface area contributed by atoms with Gasteiger partial charge in [0.25, 0.3) is 0 Å². The molecule has 0 heterocycles. The Balaban J connectivity index is 2.07. The minimum Gasteiger partial charge on any atom is -0.0822 e. The highest BCUT2D eigenvalue weighted by Crippen LogP contribution is 2.37. The summed E-state index contributed by atoms with van der Waals surface area (Å²) in [6.07, 6.45) is 14.3. The number of rotatable bonds is 0. The molecule has 0 aromatic carbocycles. The van der Waals surface area contributed by atoms with Gasteiger partial charge in [-0.2, -0.15) is 0 Å². The van der Waals surface area contributed by atoms with E-state index < -0.39 is 0 Å². The van der Waals surface area contributed by atoms with Crippen molar-refractivity contribution in [3.05, 3.63) is 11.6 Å². The molecular weight excluding hydrogens is 156 g/mol. The molecule has 2 aliphatic carbocycles. The van der Waals surface area contributed by atoms with E-state index in [1.807, 2.05) is 0 Å². The monoisotopic (exact) mass is 178 g/mol. The second-order valence-electron chi connectivity index (χ2n) is 4.97.